The average molecular weight is 285 g/mol. The Bertz CT molecular complexity index is 497. The predicted octanol–water partition coefficient (Wildman–Crippen LogP) is 1.30. The highest BCUT2D eigenvalue weighted by atomic mass is 79.9. The lowest BCUT2D eigenvalue weighted by atomic mass is 10.4. The minimum absolute atomic E-state index is 0.466. The van der Waals surface area contributed by atoms with E-state index in [4.69, 9.17) is 10.5 Å². The van der Waals surface area contributed by atoms with Gasteiger partial charge >= 0.3 is 0 Å². The predicted molar refractivity (Wildman–Crippen MR) is 65.0 cm³/mol. The summed E-state index contributed by atoms with van der Waals surface area (Å²) in [5, 5.41) is 0. The second-order valence-corrected chi connectivity index (χ2v) is 4.31. The first-order chi connectivity index (χ1) is 7.76. The first kappa shape index (κ1) is 11.5. The lowest BCUT2D eigenvalue weighted by molar-refractivity contribution is 0.174. The van der Waals surface area contributed by atoms with Crippen LogP contribution in [-0.2, 0) is 17.9 Å². The summed E-state index contributed by atoms with van der Waals surface area (Å²) in [5.41, 5.74) is 7.28. The molecule has 16 heavy (non-hydrogen) atoms. The van der Waals surface area contributed by atoms with Gasteiger partial charge in [0, 0.05) is 30.9 Å². The van der Waals surface area contributed by atoms with Gasteiger partial charge in [0.15, 0.2) is 5.65 Å². The molecule has 0 unspecified atom stereocenters. The van der Waals surface area contributed by atoms with E-state index < -0.39 is 0 Å². The van der Waals surface area contributed by atoms with Crippen LogP contribution >= 0.6 is 15.9 Å². The number of rotatable bonds is 4. The van der Waals surface area contributed by atoms with E-state index in [9.17, 15) is 0 Å². The fourth-order valence-electron chi connectivity index (χ4n) is 1.64. The summed E-state index contributed by atoms with van der Waals surface area (Å²) >= 11 is 3.38. The van der Waals surface area contributed by atoms with E-state index in [1.807, 2.05) is 10.6 Å². The van der Waals surface area contributed by atoms with Crippen molar-refractivity contribution in [2.75, 3.05) is 13.7 Å². The zero-order valence-electron chi connectivity index (χ0n) is 8.98. The monoisotopic (exact) mass is 284 g/mol. The quantitative estimate of drug-likeness (QED) is 0.919. The Morgan fingerprint density at radius 2 is 2.38 bits per heavy atom. The second kappa shape index (κ2) is 4.90. The van der Waals surface area contributed by atoms with E-state index in [1.165, 1.54) is 0 Å². The van der Waals surface area contributed by atoms with Crippen molar-refractivity contribution >= 4 is 27.1 Å². The van der Waals surface area contributed by atoms with E-state index in [2.05, 4.69) is 25.9 Å². The molecule has 0 atom stereocenters. The number of nitrogens with two attached hydrogens (primary N) is 1. The molecule has 0 bridgehead atoms. The Labute approximate surface area is 102 Å². The van der Waals surface area contributed by atoms with E-state index in [0.717, 1.165) is 21.5 Å². The van der Waals surface area contributed by atoms with Crippen LogP contribution in [0.3, 0.4) is 0 Å². The third kappa shape index (κ3) is 2.09. The first-order valence-corrected chi connectivity index (χ1v) is 5.75. The number of pyridine rings is 1. The molecule has 0 amide bonds. The van der Waals surface area contributed by atoms with Gasteiger partial charge in [-0.1, -0.05) is 0 Å². The zero-order valence-corrected chi connectivity index (χ0v) is 10.6. The second-order valence-electron chi connectivity index (χ2n) is 3.40. The molecule has 6 heteroatoms. The van der Waals surface area contributed by atoms with Gasteiger partial charge in [0.25, 0.3) is 0 Å². The van der Waals surface area contributed by atoms with Gasteiger partial charge in [-0.15, -0.1) is 0 Å². The molecular weight excluding hydrogens is 272 g/mol. The van der Waals surface area contributed by atoms with Gasteiger partial charge in [0.05, 0.1) is 0 Å². The molecule has 0 aromatic carbocycles. The molecular formula is C10H13BrN4O. The molecule has 0 saturated heterocycles. The van der Waals surface area contributed by atoms with Crippen molar-refractivity contribution in [2.45, 2.75) is 13.2 Å². The van der Waals surface area contributed by atoms with Crippen LogP contribution in [-0.4, -0.2) is 28.2 Å². The number of halogens is 1. The van der Waals surface area contributed by atoms with Crippen LogP contribution in [0.4, 0.5) is 0 Å². The lowest BCUT2D eigenvalue weighted by Crippen LogP contribution is -2.13. The number of imidazole rings is 1. The van der Waals surface area contributed by atoms with Gasteiger partial charge in [-0.3, -0.25) is 0 Å². The van der Waals surface area contributed by atoms with Crippen molar-refractivity contribution < 1.29 is 4.74 Å². The molecule has 2 N–H and O–H groups in total. The fourth-order valence-corrected chi connectivity index (χ4v) is 1.96. The summed E-state index contributed by atoms with van der Waals surface area (Å²) in [4.78, 5) is 8.82. The highest BCUT2D eigenvalue weighted by molar-refractivity contribution is 9.10. The summed E-state index contributed by atoms with van der Waals surface area (Å²) in [6, 6.07) is 1.94. The maximum absolute atomic E-state index is 5.58. The van der Waals surface area contributed by atoms with Gasteiger partial charge in [0.1, 0.15) is 17.9 Å². The Kier molecular flexibility index (Phi) is 3.52. The zero-order chi connectivity index (χ0) is 11.5. The summed E-state index contributed by atoms with van der Waals surface area (Å²) in [5.74, 6) is 0.855. The number of fused-ring (bicyclic) bond motifs is 1. The van der Waals surface area contributed by atoms with Gasteiger partial charge in [0.2, 0.25) is 0 Å². The Morgan fingerprint density at radius 3 is 3.06 bits per heavy atom. The molecule has 2 rings (SSSR count). The van der Waals surface area contributed by atoms with Crippen LogP contribution in [0.2, 0.25) is 0 Å². The number of ether oxygens (including phenoxy) is 1. The minimum Gasteiger partial charge on any atom is -0.377 e. The summed E-state index contributed by atoms with van der Waals surface area (Å²) < 4.78 is 8.02. The molecule has 0 aliphatic heterocycles. The van der Waals surface area contributed by atoms with E-state index in [-0.39, 0.29) is 0 Å². The average Bonchev–Trinajstić information content (AvgIpc) is 2.57. The smallest absolute Gasteiger partial charge is 0.160 e. The standard InChI is InChI=1S/C10H13BrN4O/c1-16-6-9-14-8-4-7(11)5-13-10(8)15(9)3-2-12/h4-5H,2-3,6,12H2,1H3. The van der Waals surface area contributed by atoms with Gasteiger partial charge in [-0.05, 0) is 22.0 Å². The third-order valence-electron chi connectivity index (χ3n) is 2.26. The number of aromatic nitrogens is 3. The maximum Gasteiger partial charge on any atom is 0.160 e. The van der Waals surface area contributed by atoms with E-state index in [0.29, 0.717) is 19.7 Å². The molecule has 0 saturated carbocycles. The number of methoxy groups -OCH3 is 1. The van der Waals surface area contributed by atoms with Crippen LogP contribution in [0.5, 0.6) is 0 Å². The molecule has 2 aromatic rings. The largest absolute Gasteiger partial charge is 0.377 e. The highest BCUT2D eigenvalue weighted by Crippen LogP contribution is 2.18. The molecule has 0 aliphatic carbocycles. The molecule has 5 nitrogen and oxygen atoms in total. The highest BCUT2D eigenvalue weighted by Gasteiger charge is 2.11. The SMILES string of the molecule is COCc1nc2cc(Br)cnc2n1CCN. The van der Waals surface area contributed by atoms with Crippen molar-refractivity contribution in [2.24, 2.45) is 5.73 Å². The van der Waals surface area contributed by atoms with Crippen LogP contribution in [0.1, 0.15) is 5.82 Å². The topological polar surface area (TPSA) is 66.0 Å². The van der Waals surface area contributed by atoms with Crippen molar-refractivity contribution in [1.82, 2.24) is 14.5 Å². The molecule has 0 aliphatic rings. The van der Waals surface area contributed by atoms with Crippen LogP contribution in [0.25, 0.3) is 11.2 Å². The van der Waals surface area contributed by atoms with Crippen molar-refractivity contribution in [1.29, 1.82) is 0 Å². The Hall–Kier alpha value is -0.980. The van der Waals surface area contributed by atoms with Crippen molar-refractivity contribution in [3.05, 3.63) is 22.6 Å². The van der Waals surface area contributed by atoms with Crippen LogP contribution < -0.4 is 5.73 Å². The van der Waals surface area contributed by atoms with Gasteiger partial charge in [-0.2, -0.15) is 0 Å². The van der Waals surface area contributed by atoms with Crippen molar-refractivity contribution in [3.8, 4) is 0 Å². The number of hydrogen-bond donors (Lipinski definition) is 1. The lowest BCUT2D eigenvalue weighted by Gasteiger charge is -2.05. The minimum atomic E-state index is 0.466. The number of hydrogen-bond acceptors (Lipinski definition) is 4. The number of nitrogens with zero attached hydrogens (tertiary/aromatic N) is 3. The molecule has 2 heterocycles. The first-order valence-electron chi connectivity index (χ1n) is 4.96. The van der Waals surface area contributed by atoms with Crippen molar-refractivity contribution in [3.63, 3.8) is 0 Å². The Balaban J connectivity index is 2.56. The molecule has 0 radical (unpaired) electrons. The van der Waals surface area contributed by atoms with Gasteiger partial charge in [-0.25, -0.2) is 9.97 Å². The Morgan fingerprint density at radius 1 is 1.56 bits per heavy atom. The fraction of sp³-hybridized carbons (Fsp3) is 0.400. The summed E-state index contributed by atoms with van der Waals surface area (Å²) in [6.07, 6.45) is 1.76. The third-order valence-corrected chi connectivity index (χ3v) is 2.69. The van der Waals surface area contributed by atoms with Crippen LogP contribution in [0.15, 0.2) is 16.7 Å². The molecule has 2 aromatic heterocycles. The summed E-state index contributed by atoms with van der Waals surface area (Å²) in [7, 11) is 1.65. The summed E-state index contributed by atoms with van der Waals surface area (Å²) in [6.45, 7) is 1.72. The van der Waals surface area contributed by atoms with E-state index in [1.54, 1.807) is 13.3 Å². The maximum atomic E-state index is 5.58. The van der Waals surface area contributed by atoms with Crippen LogP contribution in [0, 0.1) is 0 Å². The molecule has 0 spiro atoms. The molecule has 86 valence electrons. The van der Waals surface area contributed by atoms with E-state index >= 15 is 0 Å². The van der Waals surface area contributed by atoms with Gasteiger partial charge < -0.3 is 15.0 Å². The normalized spacial score (nSPS) is 11.2. The molecule has 0 fully saturated rings.